The van der Waals surface area contributed by atoms with Gasteiger partial charge in [0.2, 0.25) is 5.91 Å². The highest BCUT2D eigenvalue weighted by molar-refractivity contribution is 5.81. The van der Waals surface area contributed by atoms with Crippen LogP contribution < -0.4 is 11.1 Å². The van der Waals surface area contributed by atoms with Crippen molar-refractivity contribution in [1.82, 2.24) is 5.32 Å². The van der Waals surface area contributed by atoms with Gasteiger partial charge in [-0.25, -0.2) is 0 Å². The molecule has 0 radical (unpaired) electrons. The third-order valence-electron chi connectivity index (χ3n) is 2.53. The summed E-state index contributed by atoms with van der Waals surface area (Å²) in [6.07, 6.45) is 1.37. The van der Waals surface area contributed by atoms with Crippen LogP contribution in [-0.4, -0.2) is 32.2 Å². The molecule has 1 unspecified atom stereocenters. The van der Waals surface area contributed by atoms with Crippen LogP contribution in [0.5, 0.6) is 0 Å². The first kappa shape index (κ1) is 13.7. The van der Waals surface area contributed by atoms with E-state index in [2.05, 4.69) is 5.32 Å². The number of ether oxygens (including phenoxy) is 1. The normalized spacial score (nSPS) is 12.1. The van der Waals surface area contributed by atoms with Gasteiger partial charge in [0.25, 0.3) is 0 Å². The molecular weight excluding hydrogens is 216 g/mol. The van der Waals surface area contributed by atoms with Gasteiger partial charge in [-0.1, -0.05) is 30.3 Å². The molecular formula is C13H20N2O2. The largest absolute Gasteiger partial charge is 0.385 e. The minimum absolute atomic E-state index is 0.113. The molecule has 0 saturated carbocycles. The van der Waals surface area contributed by atoms with E-state index in [1.165, 1.54) is 5.56 Å². The third kappa shape index (κ3) is 5.47. The van der Waals surface area contributed by atoms with Gasteiger partial charge in [0.05, 0.1) is 6.04 Å². The molecule has 0 aliphatic carbocycles. The lowest BCUT2D eigenvalue weighted by atomic mass is 10.1. The summed E-state index contributed by atoms with van der Waals surface area (Å²) in [4.78, 5) is 11.5. The van der Waals surface area contributed by atoms with Crippen molar-refractivity contribution in [1.29, 1.82) is 0 Å². The Balaban J connectivity index is 2.20. The number of rotatable bonds is 7. The van der Waals surface area contributed by atoms with Crippen molar-refractivity contribution in [3.8, 4) is 0 Å². The van der Waals surface area contributed by atoms with Crippen LogP contribution in [0, 0.1) is 0 Å². The third-order valence-corrected chi connectivity index (χ3v) is 2.53. The van der Waals surface area contributed by atoms with Crippen LogP contribution in [0.15, 0.2) is 30.3 Å². The van der Waals surface area contributed by atoms with Crippen molar-refractivity contribution in [2.45, 2.75) is 18.9 Å². The lowest BCUT2D eigenvalue weighted by Gasteiger charge is -2.11. The Morgan fingerprint density at radius 1 is 1.41 bits per heavy atom. The van der Waals surface area contributed by atoms with Crippen LogP contribution in [0.2, 0.25) is 0 Å². The molecule has 3 N–H and O–H groups in total. The van der Waals surface area contributed by atoms with Crippen molar-refractivity contribution in [3.63, 3.8) is 0 Å². The zero-order valence-electron chi connectivity index (χ0n) is 10.2. The van der Waals surface area contributed by atoms with Crippen LogP contribution in [-0.2, 0) is 16.0 Å². The minimum Gasteiger partial charge on any atom is -0.385 e. The summed E-state index contributed by atoms with van der Waals surface area (Å²) in [5, 5.41) is 2.82. The summed E-state index contributed by atoms with van der Waals surface area (Å²) in [5.41, 5.74) is 6.90. The molecule has 17 heavy (non-hydrogen) atoms. The Kier molecular flexibility index (Phi) is 6.29. The fraction of sp³-hybridized carbons (Fsp3) is 0.462. The lowest BCUT2D eigenvalue weighted by Crippen LogP contribution is -2.41. The molecule has 1 rings (SSSR count). The molecule has 1 amide bonds. The van der Waals surface area contributed by atoms with E-state index in [9.17, 15) is 4.79 Å². The number of carbonyl (C=O) groups excluding carboxylic acids is 1. The van der Waals surface area contributed by atoms with Crippen LogP contribution >= 0.6 is 0 Å². The number of nitrogens with two attached hydrogens (primary N) is 1. The number of methoxy groups -OCH3 is 1. The second kappa shape index (κ2) is 7.81. The van der Waals surface area contributed by atoms with Gasteiger partial charge < -0.3 is 15.8 Å². The first-order chi connectivity index (χ1) is 8.24. The second-order valence-electron chi connectivity index (χ2n) is 3.91. The Morgan fingerprint density at radius 3 is 2.76 bits per heavy atom. The number of hydrogen-bond donors (Lipinski definition) is 2. The van der Waals surface area contributed by atoms with Crippen LogP contribution in [0.25, 0.3) is 0 Å². The number of amides is 1. The molecule has 1 aromatic carbocycles. The number of hydrogen-bond acceptors (Lipinski definition) is 3. The van der Waals surface area contributed by atoms with E-state index in [0.29, 0.717) is 19.6 Å². The summed E-state index contributed by atoms with van der Waals surface area (Å²) in [5.74, 6) is -0.113. The van der Waals surface area contributed by atoms with Gasteiger partial charge in [-0.3, -0.25) is 4.79 Å². The lowest BCUT2D eigenvalue weighted by molar-refractivity contribution is -0.122. The van der Waals surface area contributed by atoms with E-state index < -0.39 is 6.04 Å². The van der Waals surface area contributed by atoms with E-state index in [4.69, 9.17) is 10.5 Å². The van der Waals surface area contributed by atoms with Gasteiger partial charge in [0.1, 0.15) is 0 Å². The SMILES string of the molecule is COCCC(N)C(=O)NCCc1ccccc1. The van der Waals surface area contributed by atoms with E-state index in [0.717, 1.165) is 6.42 Å². The Bertz CT molecular complexity index is 327. The van der Waals surface area contributed by atoms with Crippen molar-refractivity contribution >= 4 is 5.91 Å². The highest BCUT2D eigenvalue weighted by atomic mass is 16.5. The number of carbonyl (C=O) groups is 1. The zero-order chi connectivity index (χ0) is 12.5. The van der Waals surface area contributed by atoms with Crippen LogP contribution in [0.3, 0.4) is 0 Å². The highest BCUT2D eigenvalue weighted by Crippen LogP contribution is 1.98. The maximum atomic E-state index is 11.5. The summed E-state index contributed by atoms with van der Waals surface area (Å²) in [6.45, 7) is 1.12. The van der Waals surface area contributed by atoms with E-state index in [1.807, 2.05) is 30.3 Å². The van der Waals surface area contributed by atoms with Crippen molar-refractivity contribution in [2.24, 2.45) is 5.73 Å². The van der Waals surface area contributed by atoms with Gasteiger partial charge >= 0.3 is 0 Å². The molecule has 0 aliphatic heterocycles. The first-order valence-corrected chi connectivity index (χ1v) is 5.80. The zero-order valence-corrected chi connectivity index (χ0v) is 10.2. The molecule has 0 bridgehead atoms. The molecule has 4 heteroatoms. The average molecular weight is 236 g/mol. The first-order valence-electron chi connectivity index (χ1n) is 5.80. The standard InChI is InChI=1S/C13H20N2O2/c1-17-10-8-12(14)13(16)15-9-7-11-5-3-2-4-6-11/h2-6,12H,7-10,14H2,1H3,(H,15,16). The Labute approximate surface area is 102 Å². The quantitative estimate of drug-likeness (QED) is 0.733. The molecule has 0 aromatic heterocycles. The molecule has 4 nitrogen and oxygen atoms in total. The van der Waals surface area contributed by atoms with Gasteiger partial charge in [0, 0.05) is 20.3 Å². The van der Waals surface area contributed by atoms with Crippen LogP contribution in [0.1, 0.15) is 12.0 Å². The van der Waals surface area contributed by atoms with Gasteiger partial charge in [-0.15, -0.1) is 0 Å². The predicted molar refractivity (Wildman–Crippen MR) is 67.6 cm³/mol. The van der Waals surface area contributed by atoms with E-state index in [1.54, 1.807) is 7.11 Å². The van der Waals surface area contributed by atoms with Crippen molar-refractivity contribution in [3.05, 3.63) is 35.9 Å². The van der Waals surface area contributed by atoms with E-state index >= 15 is 0 Å². The molecule has 0 spiro atoms. The van der Waals surface area contributed by atoms with Crippen molar-refractivity contribution in [2.75, 3.05) is 20.3 Å². The highest BCUT2D eigenvalue weighted by Gasteiger charge is 2.11. The molecule has 0 fully saturated rings. The molecule has 0 aliphatic rings. The molecule has 0 saturated heterocycles. The predicted octanol–water partition coefficient (Wildman–Crippen LogP) is 0.709. The van der Waals surface area contributed by atoms with Crippen molar-refractivity contribution < 1.29 is 9.53 Å². The molecule has 94 valence electrons. The van der Waals surface area contributed by atoms with E-state index in [-0.39, 0.29) is 5.91 Å². The Hall–Kier alpha value is -1.39. The second-order valence-corrected chi connectivity index (χ2v) is 3.91. The summed E-state index contributed by atoms with van der Waals surface area (Å²) < 4.78 is 4.88. The minimum atomic E-state index is -0.481. The molecule has 0 heterocycles. The fourth-order valence-corrected chi connectivity index (χ4v) is 1.48. The Morgan fingerprint density at radius 2 is 2.12 bits per heavy atom. The number of nitrogens with one attached hydrogen (secondary N) is 1. The monoisotopic (exact) mass is 236 g/mol. The molecule has 1 atom stereocenters. The summed E-state index contributed by atoms with van der Waals surface area (Å²) in [6, 6.07) is 9.55. The van der Waals surface area contributed by atoms with Crippen LogP contribution in [0.4, 0.5) is 0 Å². The maximum Gasteiger partial charge on any atom is 0.237 e. The smallest absolute Gasteiger partial charge is 0.237 e. The van der Waals surface area contributed by atoms with Gasteiger partial charge in [0.15, 0.2) is 0 Å². The summed E-state index contributed by atoms with van der Waals surface area (Å²) >= 11 is 0. The van der Waals surface area contributed by atoms with Gasteiger partial charge in [-0.2, -0.15) is 0 Å². The topological polar surface area (TPSA) is 64.3 Å². The maximum absolute atomic E-state index is 11.5. The number of benzene rings is 1. The molecule has 1 aromatic rings. The fourth-order valence-electron chi connectivity index (χ4n) is 1.48. The summed E-state index contributed by atoms with van der Waals surface area (Å²) in [7, 11) is 1.60. The average Bonchev–Trinajstić information content (AvgIpc) is 2.37. The van der Waals surface area contributed by atoms with Gasteiger partial charge in [-0.05, 0) is 18.4 Å².